The number of carboxylic acids is 1. The minimum Gasteiger partial charge on any atom is -0.756 e. The minimum atomic E-state index is -4.70. The third kappa shape index (κ3) is 30.6. The molecule has 0 rings (SSSR count). The number of carbonyl (C=O) groups is 3. The predicted molar refractivity (Wildman–Crippen MR) is 170 cm³/mol. The van der Waals surface area contributed by atoms with Crippen molar-refractivity contribution in [1.82, 2.24) is 0 Å². The molecule has 0 aliphatic rings. The second-order valence-electron chi connectivity index (χ2n) is 12.5. The number of nitrogens with zero attached hydrogens (tertiary/aromatic N) is 1. The zero-order chi connectivity index (χ0) is 34.0. The fourth-order valence-corrected chi connectivity index (χ4v) is 5.02. The van der Waals surface area contributed by atoms with E-state index in [1.54, 1.807) is 0 Å². The Labute approximate surface area is 270 Å². The molecule has 12 nitrogen and oxygen atoms in total. The van der Waals surface area contributed by atoms with E-state index < -0.39 is 44.5 Å². The lowest BCUT2D eigenvalue weighted by molar-refractivity contribution is -0.870. The van der Waals surface area contributed by atoms with Crippen LogP contribution in [0, 0.1) is 0 Å². The molecule has 0 amide bonds. The molecular weight excluding hydrogens is 605 g/mol. The average molecular weight is 666 g/mol. The lowest BCUT2D eigenvalue weighted by Crippen LogP contribution is -2.37. The Kier molecular flexibility index (Phi) is 25.2. The van der Waals surface area contributed by atoms with E-state index >= 15 is 0 Å². The Hall–Kier alpha value is -1.82. The van der Waals surface area contributed by atoms with Crippen molar-refractivity contribution in [3.63, 3.8) is 0 Å². The number of carbonyl (C=O) groups excluding carboxylic acids is 2. The van der Waals surface area contributed by atoms with Gasteiger partial charge in [-0.2, -0.15) is 0 Å². The third-order valence-electron chi connectivity index (χ3n) is 6.98. The molecule has 0 aromatic carbocycles. The van der Waals surface area contributed by atoms with Gasteiger partial charge in [-0.1, -0.05) is 84.0 Å². The highest BCUT2D eigenvalue weighted by Crippen LogP contribution is 2.38. The minimum absolute atomic E-state index is 0.0957. The third-order valence-corrected chi connectivity index (χ3v) is 7.95. The maximum absolute atomic E-state index is 12.4. The summed E-state index contributed by atoms with van der Waals surface area (Å²) < 4.78 is 33.1. The molecule has 2 unspecified atom stereocenters. The molecule has 0 aliphatic heterocycles. The Morgan fingerprint density at radius 1 is 0.800 bits per heavy atom. The predicted octanol–water partition coefficient (Wildman–Crippen LogP) is 5.30. The molecule has 3 atom stereocenters. The first kappa shape index (κ1) is 43.2. The van der Waals surface area contributed by atoms with Crippen LogP contribution < -0.4 is 4.89 Å². The summed E-state index contributed by atoms with van der Waals surface area (Å²) in [7, 11) is 0.937. The van der Waals surface area contributed by atoms with Gasteiger partial charge in [0.15, 0.2) is 6.10 Å². The van der Waals surface area contributed by atoms with Gasteiger partial charge in [-0.05, 0) is 25.3 Å². The number of hydrogen-bond donors (Lipinski definition) is 2. The average Bonchev–Trinajstić information content (AvgIpc) is 2.95. The van der Waals surface area contributed by atoms with Gasteiger partial charge in [0.2, 0.25) is 0 Å². The number of hydrogen-bond acceptors (Lipinski definition) is 10. The lowest BCUT2D eigenvalue weighted by atomic mass is 10.0. The molecule has 0 spiro atoms. The molecular formula is C32H60NO11P. The number of phosphoric ester groups is 1. The van der Waals surface area contributed by atoms with E-state index in [1.165, 1.54) is 57.8 Å². The summed E-state index contributed by atoms with van der Waals surface area (Å²) >= 11 is 0. The fraction of sp³-hybridized carbons (Fsp3) is 0.844. The van der Waals surface area contributed by atoms with E-state index in [0.29, 0.717) is 17.4 Å². The number of aliphatic hydroxyl groups excluding tert-OH is 1. The number of rotatable bonds is 30. The van der Waals surface area contributed by atoms with Gasteiger partial charge in [0.25, 0.3) is 7.82 Å². The highest BCUT2D eigenvalue weighted by molar-refractivity contribution is 7.45. The van der Waals surface area contributed by atoms with Crippen molar-refractivity contribution in [1.29, 1.82) is 0 Å². The number of aliphatic carboxylic acids is 1. The summed E-state index contributed by atoms with van der Waals surface area (Å²) in [6, 6.07) is 0. The van der Waals surface area contributed by atoms with Crippen LogP contribution in [-0.4, -0.2) is 92.3 Å². The van der Waals surface area contributed by atoms with E-state index in [2.05, 4.69) is 6.92 Å². The summed E-state index contributed by atoms with van der Waals surface area (Å²) in [4.78, 5) is 47.4. The maximum Gasteiger partial charge on any atom is 0.328 e. The van der Waals surface area contributed by atoms with E-state index in [-0.39, 0.29) is 38.9 Å². The molecule has 0 saturated carbocycles. The van der Waals surface area contributed by atoms with Crippen LogP contribution in [0.25, 0.3) is 0 Å². The highest BCUT2D eigenvalue weighted by Gasteiger charge is 2.22. The van der Waals surface area contributed by atoms with Crippen LogP contribution >= 0.6 is 7.82 Å². The van der Waals surface area contributed by atoms with E-state index in [4.69, 9.17) is 23.6 Å². The number of phosphoric acid groups is 1. The van der Waals surface area contributed by atoms with Gasteiger partial charge in [0.1, 0.15) is 19.8 Å². The van der Waals surface area contributed by atoms with Gasteiger partial charge in [0.05, 0.1) is 33.9 Å². The molecule has 0 saturated heterocycles. The van der Waals surface area contributed by atoms with Crippen LogP contribution in [0.3, 0.4) is 0 Å². The molecule has 0 fully saturated rings. The molecule has 0 aromatic heterocycles. The topological polar surface area (TPSA) is 169 Å². The van der Waals surface area contributed by atoms with E-state index in [9.17, 15) is 28.9 Å². The van der Waals surface area contributed by atoms with Gasteiger partial charge in [0, 0.05) is 18.9 Å². The van der Waals surface area contributed by atoms with Gasteiger partial charge < -0.3 is 38.1 Å². The first-order valence-corrected chi connectivity index (χ1v) is 18.0. The normalized spacial score (nSPS) is 14.6. The zero-order valence-corrected chi connectivity index (χ0v) is 29.0. The first-order valence-electron chi connectivity index (χ1n) is 16.6. The summed E-state index contributed by atoms with van der Waals surface area (Å²) in [5, 5.41) is 18.4. The molecule has 0 aromatic rings. The van der Waals surface area contributed by atoms with Crippen molar-refractivity contribution in [2.75, 3.05) is 47.5 Å². The van der Waals surface area contributed by atoms with Crippen LogP contribution in [0.5, 0.6) is 0 Å². The quantitative estimate of drug-likeness (QED) is 0.0336. The Morgan fingerprint density at radius 3 is 1.87 bits per heavy atom. The number of ether oxygens (including phenoxy) is 2. The molecule has 264 valence electrons. The van der Waals surface area contributed by atoms with Gasteiger partial charge >= 0.3 is 17.9 Å². The SMILES string of the molecule is CCCCCCCCCCCCCCCC(=O)OC[C@H](COP(=O)([O-])OCC[N+](C)(C)C)OC(=O)CCCC(O)/C=C/C(=O)O. The molecule has 0 radical (unpaired) electrons. The van der Waals surface area contributed by atoms with Crippen molar-refractivity contribution in [2.24, 2.45) is 0 Å². The number of likely N-dealkylation sites (N-methyl/N-ethyl adjacent to an activating group) is 1. The number of carboxylic acid groups (broad SMARTS) is 1. The zero-order valence-electron chi connectivity index (χ0n) is 28.1. The molecule has 45 heavy (non-hydrogen) atoms. The Morgan fingerprint density at radius 2 is 1.33 bits per heavy atom. The van der Waals surface area contributed by atoms with E-state index in [1.807, 2.05) is 21.1 Å². The largest absolute Gasteiger partial charge is 0.756 e. The summed E-state index contributed by atoms with van der Waals surface area (Å²) in [5.41, 5.74) is 0. The van der Waals surface area contributed by atoms with E-state index in [0.717, 1.165) is 31.4 Å². The maximum atomic E-state index is 12.4. The summed E-state index contributed by atoms with van der Waals surface area (Å²) in [6.07, 6.45) is 15.5. The fourth-order valence-electron chi connectivity index (χ4n) is 4.29. The van der Waals surface area contributed by atoms with Crippen LogP contribution in [0.4, 0.5) is 0 Å². The molecule has 13 heteroatoms. The van der Waals surface area contributed by atoms with Crippen LogP contribution in [-0.2, 0) is 37.5 Å². The van der Waals surface area contributed by atoms with Crippen LogP contribution in [0.2, 0.25) is 0 Å². The highest BCUT2D eigenvalue weighted by atomic mass is 31.2. The van der Waals surface area contributed by atoms with Crippen LogP contribution in [0.15, 0.2) is 12.2 Å². The number of quaternary nitrogens is 1. The Bertz CT molecular complexity index is 876. The van der Waals surface area contributed by atoms with Crippen molar-refractivity contribution in [3.8, 4) is 0 Å². The summed E-state index contributed by atoms with van der Waals surface area (Å²) in [5.74, 6) is -2.38. The smallest absolute Gasteiger partial charge is 0.328 e. The Balaban J connectivity index is 4.52. The van der Waals surface area contributed by atoms with Crippen LogP contribution in [0.1, 0.15) is 116 Å². The molecule has 0 heterocycles. The molecule has 2 N–H and O–H groups in total. The van der Waals surface area contributed by atoms with Gasteiger partial charge in [-0.25, -0.2) is 4.79 Å². The van der Waals surface area contributed by atoms with Crippen molar-refractivity contribution in [2.45, 2.75) is 128 Å². The molecule has 0 aliphatic carbocycles. The standard InChI is InChI=1S/C32H60NO11P/c1-5-6-7-8-9-10-11-12-13-14-15-16-17-20-31(37)41-26-29(27-43-45(39,40)42-25-24-33(2,3)4)44-32(38)21-18-19-28(34)22-23-30(35)36/h22-23,28-29,34H,5-21,24-27H2,1-4H3,(H-,35,36,39,40)/b23-22+/t28?,29-/m1/s1. The number of esters is 2. The van der Waals surface area contributed by atoms with Crippen molar-refractivity contribution in [3.05, 3.63) is 12.2 Å². The summed E-state index contributed by atoms with van der Waals surface area (Å²) in [6.45, 7) is 1.57. The van der Waals surface area contributed by atoms with Gasteiger partial charge in [-0.15, -0.1) is 0 Å². The second-order valence-corrected chi connectivity index (χ2v) is 13.9. The monoisotopic (exact) mass is 665 g/mol. The second kappa shape index (κ2) is 26.3. The molecule has 0 bridgehead atoms. The number of unbranched alkanes of at least 4 members (excludes halogenated alkanes) is 12. The number of aliphatic hydroxyl groups is 1. The lowest BCUT2D eigenvalue weighted by Gasteiger charge is -2.28. The van der Waals surface area contributed by atoms with Gasteiger partial charge in [-0.3, -0.25) is 14.2 Å². The van der Waals surface area contributed by atoms with Crippen molar-refractivity contribution >= 4 is 25.7 Å². The van der Waals surface area contributed by atoms with Crippen molar-refractivity contribution < 1.29 is 57.1 Å². The first-order chi connectivity index (χ1) is 21.2.